The first-order valence-corrected chi connectivity index (χ1v) is 9.33. The molecule has 10 nitrogen and oxygen atoms in total. The summed E-state index contributed by atoms with van der Waals surface area (Å²) in [5, 5.41) is 2.68. The highest BCUT2D eigenvalue weighted by Gasteiger charge is 2.35. The third kappa shape index (κ3) is 5.02. The number of ether oxygens (including phenoxy) is 2. The average Bonchev–Trinajstić information content (AvgIpc) is 2.95. The molecule has 2 saturated heterocycles. The molecule has 29 heavy (non-hydrogen) atoms. The van der Waals surface area contributed by atoms with Crippen LogP contribution in [0.25, 0.3) is 0 Å². The van der Waals surface area contributed by atoms with Gasteiger partial charge in [-0.2, -0.15) is 0 Å². The number of esters is 1. The first-order chi connectivity index (χ1) is 13.8. The number of anilines is 2. The molecule has 1 atom stereocenters. The van der Waals surface area contributed by atoms with E-state index in [-0.39, 0.29) is 6.54 Å². The normalized spacial score (nSPS) is 18.1. The summed E-state index contributed by atoms with van der Waals surface area (Å²) in [5.41, 5.74) is 1.61. The molecule has 4 amide bonds. The molecule has 156 valence electrons. The molecule has 0 aliphatic carbocycles. The number of carbonyl (C=O) groups excluding carboxylic acids is 4. The summed E-state index contributed by atoms with van der Waals surface area (Å²) in [4.78, 5) is 52.0. The smallest absolute Gasteiger partial charge is 0.327 e. The maximum absolute atomic E-state index is 12.3. The van der Waals surface area contributed by atoms with Gasteiger partial charge in [-0.15, -0.1) is 0 Å². The second kappa shape index (κ2) is 8.91. The van der Waals surface area contributed by atoms with Crippen LogP contribution in [-0.2, 0) is 23.9 Å². The van der Waals surface area contributed by atoms with E-state index in [0.29, 0.717) is 18.9 Å². The lowest BCUT2D eigenvalue weighted by atomic mass is 10.2. The zero-order chi connectivity index (χ0) is 21.0. The van der Waals surface area contributed by atoms with Gasteiger partial charge in [-0.1, -0.05) is 0 Å². The molecule has 1 aromatic carbocycles. The van der Waals surface area contributed by atoms with Crippen molar-refractivity contribution in [2.24, 2.45) is 0 Å². The summed E-state index contributed by atoms with van der Waals surface area (Å²) in [6, 6.07) is 6.78. The van der Waals surface area contributed by atoms with Crippen molar-refractivity contribution in [2.45, 2.75) is 13.0 Å². The number of imide groups is 1. The molecule has 2 aliphatic rings. The van der Waals surface area contributed by atoms with E-state index >= 15 is 0 Å². The molecule has 2 aliphatic heterocycles. The Hall–Kier alpha value is -3.14. The van der Waals surface area contributed by atoms with Crippen LogP contribution >= 0.6 is 0 Å². The van der Waals surface area contributed by atoms with Gasteiger partial charge < -0.3 is 24.6 Å². The van der Waals surface area contributed by atoms with Crippen LogP contribution in [0.15, 0.2) is 24.3 Å². The number of hydrogen-bond acceptors (Lipinski definition) is 7. The Labute approximate surface area is 168 Å². The molecular weight excluding hydrogens is 380 g/mol. The molecule has 2 heterocycles. The topological polar surface area (TPSA) is 108 Å². The number of nitrogens with zero attached hydrogens (tertiary/aromatic N) is 3. The van der Waals surface area contributed by atoms with Crippen LogP contribution in [-0.4, -0.2) is 86.2 Å². The summed E-state index contributed by atoms with van der Waals surface area (Å²) in [6.07, 6.45) is -1.08. The average molecular weight is 404 g/mol. The second-order valence-electron chi connectivity index (χ2n) is 6.89. The van der Waals surface area contributed by atoms with Crippen molar-refractivity contribution < 1.29 is 28.7 Å². The van der Waals surface area contributed by atoms with Gasteiger partial charge in [0, 0.05) is 31.5 Å². The van der Waals surface area contributed by atoms with Crippen molar-refractivity contribution in [3.8, 4) is 0 Å². The number of amides is 4. The Morgan fingerprint density at radius 1 is 1.17 bits per heavy atom. The van der Waals surface area contributed by atoms with Crippen molar-refractivity contribution in [3.05, 3.63) is 24.3 Å². The third-order valence-corrected chi connectivity index (χ3v) is 4.71. The van der Waals surface area contributed by atoms with E-state index in [2.05, 4.69) is 10.2 Å². The monoisotopic (exact) mass is 404 g/mol. The van der Waals surface area contributed by atoms with Gasteiger partial charge in [-0.3, -0.25) is 19.3 Å². The number of rotatable bonds is 6. The molecule has 0 aromatic heterocycles. The fourth-order valence-electron chi connectivity index (χ4n) is 3.06. The zero-order valence-electron chi connectivity index (χ0n) is 16.4. The minimum absolute atomic E-state index is 0.0808. The molecule has 3 rings (SSSR count). The maximum Gasteiger partial charge on any atom is 0.327 e. The van der Waals surface area contributed by atoms with Gasteiger partial charge >= 0.3 is 12.0 Å². The fraction of sp³-hybridized carbons (Fsp3) is 0.474. The summed E-state index contributed by atoms with van der Waals surface area (Å²) in [7, 11) is 1.46. The predicted molar refractivity (Wildman–Crippen MR) is 103 cm³/mol. The largest absolute Gasteiger partial charge is 0.451 e. The van der Waals surface area contributed by atoms with Crippen LogP contribution in [0.1, 0.15) is 6.92 Å². The van der Waals surface area contributed by atoms with Crippen LogP contribution in [0.5, 0.6) is 0 Å². The van der Waals surface area contributed by atoms with Crippen molar-refractivity contribution in [1.29, 1.82) is 0 Å². The third-order valence-electron chi connectivity index (χ3n) is 4.71. The number of morpholine rings is 1. The maximum atomic E-state index is 12.3. The second-order valence-corrected chi connectivity index (χ2v) is 6.89. The molecule has 0 radical (unpaired) electrons. The molecule has 0 bridgehead atoms. The summed E-state index contributed by atoms with van der Waals surface area (Å²) in [6.45, 7) is 3.83. The number of likely N-dealkylation sites (N-methyl/N-ethyl adjacent to an activating group) is 1. The SMILES string of the molecule is C[C@H](OC(=O)CN1C(=O)CN(C)C1=O)C(=O)Nc1ccc(N2CCOCC2)cc1. The van der Waals surface area contributed by atoms with Crippen molar-refractivity contribution in [2.75, 3.05) is 56.7 Å². The van der Waals surface area contributed by atoms with E-state index in [1.165, 1.54) is 18.9 Å². The minimum Gasteiger partial charge on any atom is -0.451 e. The summed E-state index contributed by atoms with van der Waals surface area (Å²) >= 11 is 0. The van der Waals surface area contributed by atoms with Gasteiger partial charge in [0.2, 0.25) is 0 Å². The molecule has 2 fully saturated rings. The Morgan fingerprint density at radius 3 is 2.41 bits per heavy atom. The Balaban J connectivity index is 1.49. The number of carbonyl (C=O) groups is 4. The first-order valence-electron chi connectivity index (χ1n) is 9.33. The highest BCUT2D eigenvalue weighted by atomic mass is 16.5. The predicted octanol–water partition coefficient (Wildman–Crippen LogP) is 0.287. The number of hydrogen-bond donors (Lipinski definition) is 1. The number of nitrogens with one attached hydrogen (secondary N) is 1. The Morgan fingerprint density at radius 2 is 1.83 bits per heavy atom. The highest BCUT2D eigenvalue weighted by Crippen LogP contribution is 2.19. The number of benzene rings is 1. The lowest BCUT2D eigenvalue weighted by molar-refractivity contribution is -0.154. The van der Waals surface area contributed by atoms with Gasteiger partial charge in [0.05, 0.1) is 13.2 Å². The molecule has 0 spiro atoms. The molecule has 1 N–H and O–H groups in total. The van der Waals surface area contributed by atoms with Crippen LogP contribution in [0.2, 0.25) is 0 Å². The molecular formula is C19H24N4O6. The minimum atomic E-state index is -1.08. The standard InChI is InChI=1S/C19H24N4O6/c1-13(29-17(25)12-23-16(24)11-21(2)19(23)27)18(26)20-14-3-5-15(6-4-14)22-7-9-28-10-8-22/h3-6,13H,7-12H2,1-2H3,(H,20,26)/t13-/m0/s1. The van der Waals surface area contributed by atoms with Crippen LogP contribution in [0, 0.1) is 0 Å². The number of urea groups is 1. The molecule has 0 unspecified atom stereocenters. The van der Waals surface area contributed by atoms with Crippen molar-refractivity contribution in [3.63, 3.8) is 0 Å². The Bertz CT molecular complexity index is 790. The Kier molecular flexibility index (Phi) is 6.32. The van der Waals surface area contributed by atoms with Crippen molar-refractivity contribution >= 4 is 35.2 Å². The van der Waals surface area contributed by atoms with Gasteiger partial charge in [-0.05, 0) is 31.2 Å². The lowest BCUT2D eigenvalue weighted by Crippen LogP contribution is -2.39. The molecule has 10 heteroatoms. The fourth-order valence-corrected chi connectivity index (χ4v) is 3.06. The lowest BCUT2D eigenvalue weighted by Gasteiger charge is -2.28. The quantitative estimate of drug-likeness (QED) is 0.536. The highest BCUT2D eigenvalue weighted by molar-refractivity contribution is 6.04. The zero-order valence-corrected chi connectivity index (χ0v) is 16.4. The van der Waals surface area contributed by atoms with E-state index in [1.54, 1.807) is 12.1 Å². The van der Waals surface area contributed by atoms with E-state index < -0.39 is 36.5 Å². The van der Waals surface area contributed by atoms with E-state index in [4.69, 9.17) is 9.47 Å². The molecule has 0 saturated carbocycles. The van der Waals surface area contributed by atoms with Gasteiger partial charge in [-0.25, -0.2) is 4.79 Å². The van der Waals surface area contributed by atoms with Gasteiger partial charge in [0.15, 0.2) is 6.10 Å². The van der Waals surface area contributed by atoms with Crippen molar-refractivity contribution in [1.82, 2.24) is 9.80 Å². The summed E-state index contributed by atoms with van der Waals surface area (Å²) < 4.78 is 10.4. The van der Waals surface area contributed by atoms with E-state index in [9.17, 15) is 19.2 Å². The summed E-state index contributed by atoms with van der Waals surface area (Å²) in [5.74, 6) is -1.81. The van der Waals surface area contributed by atoms with Crippen LogP contribution in [0.4, 0.5) is 16.2 Å². The van der Waals surface area contributed by atoms with Gasteiger partial charge in [0.25, 0.3) is 11.8 Å². The molecule has 1 aromatic rings. The van der Waals surface area contributed by atoms with E-state index in [1.807, 2.05) is 12.1 Å². The van der Waals surface area contributed by atoms with E-state index in [0.717, 1.165) is 23.7 Å². The van der Waals surface area contributed by atoms with Gasteiger partial charge in [0.1, 0.15) is 13.1 Å². The van der Waals surface area contributed by atoms with Crippen LogP contribution < -0.4 is 10.2 Å². The first kappa shape index (κ1) is 20.6. The van der Waals surface area contributed by atoms with Crippen LogP contribution in [0.3, 0.4) is 0 Å².